The molecule has 0 aliphatic carbocycles. The molecule has 0 aromatic heterocycles. The van der Waals surface area contributed by atoms with E-state index in [-0.39, 0.29) is 36.8 Å². The molecule has 3 rings (SSSR count). The molecule has 1 aliphatic rings. The highest BCUT2D eigenvalue weighted by atomic mass is 35.5. The molecule has 2 aromatic rings. The van der Waals surface area contributed by atoms with Gasteiger partial charge in [0.1, 0.15) is 10.7 Å². The van der Waals surface area contributed by atoms with Crippen molar-refractivity contribution < 1.29 is 30.8 Å². The van der Waals surface area contributed by atoms with Gasteiger partial charge in [-0.25, -0.2) is 26.0 Å². The second-order valence-corrected chi connectivity index (χ2v) is 8.34. The van der Waals surface area contributed by atoms with Crippen molar-refractivity contribution in [1.29, 1.82) is 0 Å². The van der Waals surface area contributed by atoms with Crippen LogP contribution in [0.3, 0.4) is 0 Å². The Balaban J connectivity index is 1.76. The van der Waals surface area contributed by atoms with Gasteiger partial charge in [0.05, 0.1) is 5.56 Å². The number of hydrogen-bond acceptors (Lipinski definition) is 3. The molecule has 28 heavy (non-hydrogen) atoms. The van der Waals surface area contributed by atoms with Gasteiger partial charge in [0.25, 0.3) is 5.91 Å². The number of hydrogen-bond donors (Lipinski definition) is 0. The van der Waals surface area contributed by atoms with Crippen molar-refractivity contribution in [2.45, 2.75) is 4.90 Å². The maximum atomic E-state index is 13.9. The maximum Gasteiger partial charge on any atom is 0.256 e. The molecule has 5 nitrogen and oxygen atoms in total. The van der Waals surface area contributed by atoms with E-state index in [1.807, 2.05) is 0 Å². The first-order valence-corrected chi connectivity index (χ1v) is 9.82. The largest absolute Gasteiger partial charge is 0.336 e. The van der Waals surface area contributed by atoms with Crippen LogP contribution >= 0.6 is 11.6 Å². The van der Waals surface area contributed by atoms with Gasteiger partial charge in [0.15, 0.2) is 17.5 Å². The Labute approximate surface area is 163 Å². The fourth-order valence-corrected chi connectivity index (χ4v) is 4.45. The number of benzene rings is 2. The lowest BCUT2D eigenvalue weighted by Gasteiger charge is -2.34. The van der Waals surface area contributed by atoms with Crippen LogP contribution in [0.5, 0.6) is 0 Å². The summed E-state index contributed by atoms with van der Waals surface area (Å²) in [5.74, 6) is -6.65. The van der Waals surface area contributed by atoms with Crippen molar-refractivity contribution in [3.8, 4) is 0 Å². The number of carbonyl (C=O) groups excluding carboxylic acids is 1. The molecular formula is C17H13ClF4N2O3S. The van der Waals surface area contributed by atoms with Gasteiger partial charge in [-0.05, 0) is 30.3 Å². The molecule has 0 spiro atoms. The zero-order valence-electron chi connectivity index (χ0n) is 14.1. The molecule has 0 atom stereocenters. The summed E-state index contributed by atoms with van der Waals surface area (Å²) in [6.45, 7) is -0.625. The smallest absolute Gasteiger partial charge is 0.256 e. The van der Waals surface area contributed by atoms with E-state index in [9.17, 15) is 30.8 Å². The van der Waals surface area contributed by atoms with Gasteiger partial charge >= 0.3 is 0 Å². The van der Waals surface area contributed by atoms with Crippen LogP contribution in [0.25, 0.3) is 0 Å². The third kappa shape index (κ3) is 3.71. The van der Waals surface area contributed by atoms with Crippen LogP contribution in [0.2, 0.25) is 5.02 Å². The summed E-state index contributed by atoms with van der Waals surface area (Å²) in [6.07, 6.45) is 0. The highest BCUT2D eigenvalue weighted by Crippen LogP contribution is 2.24. The minimum Gasteiger partial charge on any atom is -0.336 e. The van der Waals surface area contributed by atoms with Gasteiger partial charge < -0.3 is 4.90 Å². The number of amides is 1. The highest BCUT2D eigenvalue weighted by molar-refractivity contribution is 7.89. The maximum absolute atomic E-state index is 13.9. The van der Waals surface area contributed by atoms with Crippen LogP contribution in [0.4, 0.5) is 17.6 Å². The number of halogens is 5. The molecule has 0 N–H and O–H groups in total. The monoisotopic (exact) mass is 436 g/mol. The third-order valence-electron chi connectivity index (χ3n) is 4.30. The topological polar surface area (TPSA) is 57.7 Å². The lowest BCUT2D eigenvalue weighted by molar-refractivity contribution is 0.0693. The molecule has 1 fully saturated rings. The van der Waals surface area contributed by atoms with E-state index in [2.05, 4.69) is 0 Å². The van der Waals surface area contributed by atoms with E-state index in [4.69, 9.17) is 11.6 Å². The van der Waals surface area contributed by atoms with Crippen LogP contribution in [0, 0.1) is 23.3 Å². The molecular weight excluding hydrogens is 424 g/mol. The molecule has 0 bridgehead atoms. The Hall–Kier alpha value is -2.17. The van der Waals surface area contributed by atoms with Crippen LogP contribution in [-0.2, 0) is 10.0 Å². The fraction of sp³-hybridized carbons (Fsp3) is 0.235. The summed E-state index contributed by atoms with van der Waals surface area (Å²) in [4.78, 5) is 12.7. The number of rotatable bonds is 3. The SMILES string of the molecule is O=C(c1ccc(Cl)cc1F)N1CCN(S(=O)(=O)c2ccc(F)c(F)c2F)CC1. The molecule has 0 radical (unpaired) electrons. The molecule has 11 heteroatoms. The Morgan fingerprint density at radius 1 is 0.893 bits per heavy atom. The number of piperazine rings is 1. The van der Waals surface area contributed by atoms with Crippen molar-refractivity contribution >= 4 is 27.5 Å². The summed E-state index contributed by atoms with van der Waals surface area (Å²) in [6, 6.07) is 4.73. The normalized spacial score (nSPS) is 15.7. The Kier molecular flexibility index (Phi) is 5.64. The Morgan fingerprint density at radius 3 is 2.14 bits per heavy atom. The summed E-state index contributed by atoms with van der Waals surface area (Å²) in [5.41, 5.74) is -0.215. The lowest BCUT2D eigenvalue weighted by atomic mass is 10.1. The van der Waals surface area contributed by atoms with E-state index in [0.29, 0.717) is 12.1 Å². The zero-order chi connectivity index (χ0) is 20.6. The summed E-state index contributed by atoms with van der Waals surface area (Å²) >= 11 is 5.65. The minimum absolute atomic E-state index is 0.0918. The zero-order valence-corrected chi connectivity index (χ0v) is 15.7. The quantitative estimate of drug-likeness (QED) is 0.549. The molecule has 150 valence electrons. The number of carbonyl (C=O) groups is 1. The molecule has 1 aliphatic heterocycles. The van der Waals surface area contributed by atoms with E-state index in [0.717, 1.165) is 10.4 Å². The predicted molar refractivity (Wildman–Crippen MR) is 92.4 cm³/mol. The molecule has 1 heterocycles. The van der Waals surface area contributed by atoms with Crippen LogP contribution in [0.1, 0.15) is 10.4 Å². The third-order valence-corrected chi connectivity index (χ3v) is 6.46. The van der Waals surface area contributed by atoms with E-state index in [1.54, 1.807) is 0 Å². The first-order chi connectivity index (χ1) is 13.1. The molecule has 2 aromatic carbocycles. The fourth-order valence-electron chi connectivity index (χ4n) is 2.81. The Bertz CT molecular complexity index is 1040. The summed E-state index contributed by atoms with van der Waals surface area (Å²) < 4.78 is 80.1. The van der Waals surface area contributed by atoms with Crippen molar-refractivity contribution in [1.82, 2.24) is 9.21 Å². The highest BCUT2D eigenvalue weighted by Gasteiger charge is 2.34. The van der Waals surface area contributed by atoms with E-state index >= 15 is 0 Å². The van der Waals surface area contributed by atoms with Gasteiger partial charge in [-0.3, -0.25) is 4.79 Å². The van der Waals surface area contributed by atoms with E-state index in [1.165, 1.54) is 17.0 Å². The first kappa shape index (κ1) is 20.6. The van der Waals surface area contributed by atoms with Crippen LogP contribution < -0.4 is 0 Å². The van der Waals surface area contributed by atoms with Crippen molar-refractivity contribution in [3.05, 3.63) is 64.2 Å². The second-order valence-electron chi connectivity index (χ2n) is 5.99. The van der Waals surface area contributed by atoms with Gasteiger partial charge in [-0.2, -0.15) is 4.31 Å². The van der Waals surface area contributed by atoms with Crippen LogP contribution in [0.15, 0.2) is 35.2 Å². The van der Waals surface area contributed by atoms with Gasteiger partial charge in [0.2, 0.25) is 10.0 Å². The first-order valence-electron chi connectivity index (χ1n) is 8.01. The predicted octanol–water partition coefficient (Wildman–Crippen LogP) is 3.04. The van der Waals surface area contributed by atoms with Gasteiger partial charge in [-0.15, -0.1) is 0 Å². The Morgan fingerprint density at radius 2 is 1.54 bits per heavy atom. The van der Waals surface area contributed by atoms with Crippen molar-refractivity contribution in [2.24, 2.45) is 0 Å². The number of sulfonamides is 1. The van der Waals surface area contributed by atoms with E-state index < -0.39 is 44.1 Å². The lowest BCUT2D eigenvalue weighted by Crippen LogP contribution is -2.50. The molecule has 1 amide bonds. The standard InChI is InChI=1S/C17H13ClF4N2O3S/c18-10-1-2-11(13(20)9-10)17(25)23-5-7-24(8-6-23)28(26,27)14-4-3-12(19)15(21)16(14)22/h1-4,9H,5-8H2. The average Bonchev–Trinajstić information content (AvgIpc) is 2.65. The summed E-state index contributed by atoms with van der Waals surface area (Å²) in [5, 5.41) is 0.124. The van der Waals surface area contributed by atoms with Gasteiger partial charge in [0, 0.05) is 31.2 Å². The number of nitrogens with zero attached hydrogens (tertiary/aromatic N) is 2. The second kappa shape index (κ2) is 7.69. The average molecular weight is 437 g/mol. The van der Waals surface area contributed by atoms with Gasteiger partial charge in [-0.1, -0.05) is 11.6 Å². The van der Waals surface area contributed by atoms with Crippen molar-refractivity contribution in [3.63, 3.8) is 0 Å². The summed E-state index contributed by atoms with van der Waals surface area (Å²) in [7, 11) is -4.44. The molecule has 1 saturated heterocycles. The molecule has 0 saturated carbocycles. The minimum atomic E-state index is -4.44. The molecule has 0 unspecified atom stereocenters. The van der Waals surface area contributed by atoms with Crippen LogP contribution in [-0.4, -0.2) is 49.7 Å². The van der Waals surface area contributed by atoms with Crippen molar-refractivity contribution in [2.75, 3.05) is 26.2 Å².